The molecule has 0 radical (unpaired) electrons. The summed E-state index contributed by atoms with van der Waals surface area (Å²) in [7, 11) is 3.07. The first-order valence-corrected chi connectivity index (χ1v) is 12.7. The van der Waals surface area contributed by atoms with Crippen molar-refractivity contribution in [3.63, 3.8) is 0 Å². The molecule has 0 N–H and O–H groups in total. The Balaban J connectivity index is 1.29. The molecular formula is C24H38NOP. The standard InChI is InChI=1S/C24H38NOP/c1-26-25-18-6-5-9-24(25)21-12-10-19(11-13-21)20-14-16-23(17-15-20)27-22-7-3-2-4-8-22/h10-13,20,22-24,27H,2-9,14-18H2,1H3. The Kier molecular flexibility index (Phi) is 7.25. The highest BCUT2D eigenvalue weighted by molar-refractivity contribution is 7.39. The van der Waals surface area contributed by atoms with Gasteiger partial charge in [-0.1, -0.05) is 49.9 Å². The average Bonchev–Trinajstić information content (AvgIpc) is 2.75. The second kappa shape index (κ2) is 9.86. The SMILES string of the molecule is CON1CCCCC1c1ccc(C2CCC(PC3CCCCC3)CC2)cc1. The van der Waals surface area contributed by atoms with Crippen LogP contribution >= 0.6 is 8.58 Å². The first-order chi connectivity index (χ1) is 13.3. The molecule has 0 bridgehead atoms. The molecule has 2 atom stereocenters. The Labute approximate surface area is 168 Å². The van der Waals surface area contributed by atoms with Gasteiger partial charge in [0.15, 0.2) is 0 Å². The van der Waals surface area contributed by atoms with Gasteiger partial charge in [-0.05, 0) is 79.7 Å². The maximum Gasteiger partial charge on any atom is 0.0601 e. The smallest absolute Gasteiger partial charge is 0.0601 e. The van der Waals surface area contributed by atoms with Crippen LogP contribution in [0.15, 0.2) is 24.3 Å². The number of benzene rings is 1. The summed E-state index contributed by atoms with van der Waals surface area (Å²) in [5.41, 5.74) is 5.14. The van der Waals surface area contributed by atoms with Gasteiger partial charge in [-0.3, -0.25) is 0 Å². The van der Waals surface area contributed by atoms with E-state index in [9.17, 15) is 0 Å². The van der Waals surface area contributed by atoms with Gasteiger partial charge in [0.05, 0.1) is 13.2 Å². The Morgan fingerprint density at radius 2 is 1.37 bits per heavy atom. The predicted molar refractivity (Wildman–Crippen MR) is 117 cm³/mol. The molecule has 1 aromatic carbocycles. The van der Waals surface area contributed by atoms with Gasteiger partial charge < -0.3 is 4.84 Å². The number of hydrogen-bond donors (Lipinski definition) is 0. The van der Waals surface area contributed by atoms with Crippen molar-refractivity contribution in [2.24, 2.45) is 0 Å². The van der Waals surface area contributed by atoms with Crippen LogP contribution in [0.2, 0.25) is 0 Å². The van der Waals surface area contributed by atoms with Crippen molar-refractivity contribution >= 4 is 8.58 Å². The molecule has 1 aromatic rings. The van der Waals surface area contributed by atoms with E-state index in [2.05, 4.69) is 29.3 Å². The molecular weight excluding hydrogens is 349 g/mol. The van der Waals surface area contributed by atoms with Crippen LogP contribution in [0.5, 0.6) is 0 Å². The van der Waals surface area contributed by atoms with Gasteiger partial charge in [-0.15, -0.1) is 8.58 Å². The highest BCUT2D eigenvalue weighted by Gasteiger charge is 2.27. The van der Waals surface area contributed by atoms with Crippen molar-refractivity contribution < 1.29 is 4.84 Å². The van der Waals surface area contributed by atoms with Gasteiger partial charge in [-0.25, -0.2) is 0 Å². The van der Waals surface area contributed by atoms with E-state index in [0.29, 0.717) is 6.04 Å². The van der Waals surface area contributed by atoms with Gasteiger partial charge in [0, 0.05) is 6.54 Å². The molecule has 2 nitrogen and oxygen atoms in total. The van der Waals surface area contributed by atoms with E-state index < -0.39 is 0 Å². The van der Waals surface area contributed by atoms with Crippen LogP contribution < -0.4 is 0 Å². The fraction of sp³-hybridized carbons (Fsp3) is 0.750. The maximum absolute atomic E-state index is 5.61. The molecule has 2 unspecified atom stereocenters. The molecule has 1 heterocycles. The normalized spacial score (nSPS) is 31.5. The van der Waals surface area contributed by atoms with E-state index in [-0.39, 0.29) is 0 Å². The van der Waals surface area contributed by atoms with E-state index in [1.807, 2.05) is 7.11 Å². The maximum atomic E-state index is 5.61. The Hall–Kier alpha value is -0.430. The van der Waals surface area contributed by atoms with Crippen LogP contribution in [0.3, 0.4) is 0 Å². The summed E-state index contributed by atoms with van der Waals surface area (Å²) in [4.78, 5) is 5.61. The van der Waals surface area contributed by atoms with Crippen LogP contribution in [0, 0.1) is 0 Å². The molecule has 3 heteroatoms. The van der Waals surface area contributed by atoms with Crippen LogP contribution in [0.1, 0.15) is 100 Å². The van der Waals surface area contributed by atoms with Crippen molar-refractivity contribution in [2.75, 3.05) is 13.7 Å². The van der Waals surface area contributed by atoms with Crippen molar-refractivity contribution in [1.29, 1.82) is 0 Å². The number of piperidine rings is 1. The van der Waals surface area contributed by atoms with E-state index in [1.54, 1.807) is 5.56 Å². The largest absolute Gasteiger partial charge is 0.302 e. The summed E-state index contributed by atoms with van der Waals surface area (Å²) in [5, 5.41) is 2.18. The van der Waals surface area contributed by atoms with Gasteiger partial charge in [0.1, 0.15) is 0 Å². The molecule has 4 rings (SSSR count). The summed E-state index contributed by atoms with van der Waals surface area (Å²) in [6.45, 7) is 1.06. The third kappa shape index (κ3) is 5.14. The lowest BCUT2D eigenvalue weighted by Crippen LogP contribution is -2.32. The molecule has 27 heavy (non-hydrogen) atoms. The zero-order valence-corrected chi connectivity index (χ0v) is 18.2. The second-order valence-electron chi connectivity index (χ2n) is 9.05. The lowest BCUT2D eigenvalue weighted by atomic mass is 9.83. The number of hydrogen-bond acceptors (Lipinski definition) is 2. The van der Waals surface area contributed by atoms with Crippen molar-refractivity contribution in [2.45, 2.75) is 100 Å². The highest BCUT2D eigenvalue weighted by Crippen LogP contribution is 2.45. The average molecular weight is 388 g/mol. The minimum Gasteiger partial charge on any atom is -0.302 e. The minimum atomic E-state index is 0.449. The van der Waals surface area contributed by atoms with Crippen molar-refractivity contribution in [1.82, 2.24) is 5.06 Å². The van der Waals surface area contributed by atoms with Gasteiger partial charge >= 0.3 is 0 Å². The first kappa shape index (κ1) is 19.9. The summed E-state index contributed by atoms with van der Waals surface area (Å²) >= 11 is 0. The number of nitrogens with zero attached hydrogens (tertiary/aromatic N) is 1. The third-order valence-electron chi connectivity index (χ3n) is 7.28. The van der Waals surface area contributed by atoms with Crippen molar-refractivity contribution in [3.8, 4) is 0 Å². The zero-order valence-electron chi connectivity index (χ0n) is 17.2. The van der Waals surface area contributed by atoms with Crippen LogP contribution in [-0.4, -0.2) is 30.0 Å². The van der Waals surface area contributed by atoms with Crippen LogP contribution in [0.25, 0.3) is 0 Å². The molecule has 0 aromatic heterocycles. The fourth-order valence-corrected chi connectivity index (χ4v) is 7.72. The van der Waals surface area contributed by atoms with Crippen molar-refractivity contribution in [3.05, 3.63) is 35.4 Å². The van der Waals surface area contributed by atoms with E-state index in [4.69, 9.17) is 4.84 Å². The summed E-state index contributed by atoms with van der Waals surface area (Å²) in [6.07, 6.45) is 17.1. The topological polar surface area (TPSA) is 12.5 Å². The summed E-state index contributed by atoms with van der Waals surface area (Å²) in [6, 6.07) is 10.1. The van der Waals surface area contributed by atoms with E-state index in [0.717, 1.165) is 23.8 Å². The quantitative estimate of drug-likeness (QED) is 0.514. The summed E-state index contributed by atoms with van der Waals surface area (Å²) in [5.74, 6) is 0.802. The molecule has 2 saturated carbocycles. The molecule has 150 valence electrons. The Morgan fingerprint density at radius 3 is 2.07 bits per heavy atom. The van der Waals surface area contributed by atoms with Crippen LogP contribution in [0.4, 0.5) is 0 Å². The van der Waals surface area contributed by atoms with Crippen LogP contribution in [-0.2, 0) is 4.84 Å². The molecule has 2 aliphatic carbocycles. The first-order valence-electron chi connectivity index (χ1n) is 11.5. The second-order valence-corrected chi connectivity index (χ2v) is 11.0. The zero-order chi connectivity index (χ0) is 18.5. The number of rotatable bonds is 5. The monoisotopic (exact) mass is 387 g/mol. The lowest BCUT2D eigenvalue weighted by molar-refractivity contribution is -0.176. The number of hydroxylamine groups is 2. The lowest BCUT2D eigenvalue weighted by Gasteiger charge is -2.34. The fourth-order valence-electron chi connectivity index (χ4n) is 5.64. The third-order valence-corrected chi connectivity index (χ3v) is 9.38. The van der Waals surface area contributed by atoms with E-state index in [1.165, 1.54) is 91.2 Å². The van der Waals surface area contributed by atoms with Gasteiger partial charge in [-0.2, -0.15) is 5.06 Å². The molecule has 1 aliphatic heterocycles. The van der Waals surface area contributed by atoms with Gasteiger partial charge in [0.25, 0.3) is 0 Å². The molecule has 3 fully saturated rings. The molecule has 0 amide bonds. The van der Waals surface area contributed by atoms with E-state index >= 15 is 0 Å². The van der Waals surface area contributed by atoms with Gasteiger partial charge in [0.2, 0.25) is 0 Å². The summed E-state index contributed by atoms with van der Waals surface area (Å²) < 4.78 is 0. The highest BCUT2D eigenvalue weighted by atomic mass is 31.1. The molecule has 3 aliphatic rings. The molecule has 0 spiro atoms. The molecule has 1 saturated heterocycles. The Morgan fingerprint density at radius 1 is 0.741 bits per heavy atom. The Bertz CT molecular complexity index is 560. The predicted octanol–water partition coefficient (Wildman–Crippen LogP) is 6.81. The minimum absolute atomic E-state index is 0.449.